The van der Waals surface area contributed by atoms with Crippen molar-refractivity contribution >= 4 is 39.1 Å². The van der Waals surface area contributed by atoms with E-state index in [4.69, 9.17) is 11.6 Å². The summed E-state index contributed by atoms with van der Waals surface area (Å²) in [7, 11) is -4.12. The molecule has 1 atom stereocenters. The van der Waals surface area contributed by atoms with Crippen molar-refractivity contribution in [3.63, 3.8) is 0 Å². The predicted molar refractivity (Wildman–Crippen MR) is 156 cm³/mol. The van der Waals surface area contributed by atoms with Crippen LogP contribution in [0.15, 0.2) is 77.7 Å². The van der Waals surface area contributed by atoms with E-state index in [0.29, 0.717) is 23.7 Å². The smallest absolute Gasteiger partial charge is 0.264 e. The number of benzene rings is 3. The molecule has 0 unspecified atom stereocenters. The Labute approximate surface area is 236 Å². The fourth-order valence-electron chi connectivity index (χ4n) is 4.23. The van der Waals surface area contributed by atoms with E-state index in [-0.39, 0.29) is 17.3 Å². The van der Waals surface area contributed by atoms with Crippen LogP contribution in [0.4, 0.5) is 5.69 Å². The topological polar surface area (TPSA) is 86.8 Å². The van der Waals surface area contributed by atoms with Gasteiger partial charge >= 0.3 is 0 Å². The number of aryl methyl sites for hydroxylation is 2. The monoisotopic (exact) mass is 569 g/mol. The third-order valence-electron chi connectivity index (χ3n) is 6.54. The molecule has 1 N–H and O–H groups in total. The maximum Gasteiger partial charge on any atom is 0.264 e. The first kappa shape index (κ1) is 30.2. The number of carbonyl (C=O) groups excluding carboxylic acids is 2. The Morgan fingerprint density at radius 3 is 2.15 bits per heavy atom. The Balaban J connectivity index is 2.05. The van der Waals surface area contributed by atoms with Crippen LogP contribution in [-0.4, -0.2) is 44.3 Å². The maximum absolute atomic E-state index is 14.0. The van der Waals surface area contributed by atoms with E-state index < -0.39 is 28.5 Å². The van der Waals surface area contributed by atoms with Gasteiger partial charge in [-0.3, -0.25) is 13.9 Å². The highest BCUT2D eigenvalue weighted by atomic mass is 35.5. The number of sulfonamides is 1. The van der Waals surface area contributed by atoms with Gasteiger partial charge in [0.15, 0.2) is 0 Å². The molecule has 39 heavy (non-hydrogen) atoms. The lowest BCUT2D eigenvalue weighted by Gasteiger charge is -2.33. The van der Waals surface area contributed by atoms with Crippen LogP contribution in [0.5, 0.6) is 0 Å². The summed E-state index contributed by atoms with van der Waals surface area (Å²) < 4.78 is 28.8. The summed E-state index contributed by atoms with van der Waals surface area (Å²) in [5, 5.41) is 3.33. The Morgan fingerprint density at radius 2 is 1.56 bits per heavy atom. The van der Waals surface area contributed by atoms with Crippen LogP contribution in [-0.2, 0) is 26.2 Å². The summed E-state index contributed by atoms with van der Waals surface area (Å²) in [6, 6.07) is 19.6. The number of rotatable bonds is 12. The number of nitrogens with one attached hydrogen (secondary N) is 1. The highest BCUT2D eigenvalue weighted by molar-refractivity contribution is 7.92. The molecule has 0 aliphatic heterocycles. The molecule has 0 fully saturated rings. The zero-order chi connectivity index (χ0) is 28.6. The zero-order valence-corrected chi connectivity index (χ0v) is 24.4. The second kappa shape index (κ2) is 13.6. The highest BCUT2D eigenvalue weighted by Gasteiger charge is 2.33. The Kier molecular flexibility index (Phi) is 10.5. The third-order valence-corrected chi connectivity index (χ3v) is 8.58. The van der Waals surface area contributed by atoms with Crippen molar-refractivity contribution in [3.8, 4) is 0 Å². The first-order valence-electron chi connectivity index (χ1n) is 13.0. The van der Waals surface area contributed by atoms with Gasteiger partial charge in [-0.2, -0.15) is 0 Å². The molecule has 3 aromatic rings. The molecular formula is C30H36ClN3O4S. The number of carbonyl (C=O) groups is 2. The Hall–Kier alpha value is -3.36. The van der Waals surface area contributed by atoms with Crippen molar-refractivity contribution in [2.24, 2.45) is 0 Å². The van der Waals surface area contributed by atoms with E-state index in [1.54, 1.807) is 36.4 Å². The molecule has 0 spiro atoms. The van der Waals surface area contributed by atoms with Crippen LogP contribution < -0.4 is 9.62 Å². The van der Waals surface area contributed by atoms with Gasteiger partial charge in [-0.1, -0.05) is 67.4 Å². The molecule has 2 amide bonds. The van der Waals surface area contributed by atoms with Gasteiger partial charge in [0.2, 0.25) is 11.8 Å². The van der Waals surface area contributed by atoms with Crippen LogP contribution in [0.25, 0.3) is 0 Å². The lowest BCUT2D eigenvalue weighted by molar-refractivity contribution is -0.140. The first-order chi connectivity index (χ1) is 18.6. The van der Waals surface area contributed by atoms with E-state index in [9.17, 15) is 18.0 Å². The predicted octanol–water partition coefficient (Wildman–Crippen LogP) is 5.49. The Bertz CT molecular complexity index is 1380. The lowest BCUT2D eigenvalue weighted by Crippen LogP contribution is -2.52. The molecule has 0 radical (unpaired) electrons. The van der Waals surface area contributed by atoms with Gasteiger partial charge < -0.3 is 10.2 Å². The molecule has 0 heterocycles. The number of halogens is 1. The van der Waals surface area contributed by atoms with E-state index in [0.717, 1.165) is 27.4 Å². The van der Waals surface area contributed by atoms with Crippen LogP contribution in [0.2, 0.25) is 5.02 Å². The van der Waals surface area contributed by atoms with Crippen LogP contribution in [0.3, 0.4) is 0 Å². The van der Waals surface area contributed by atoms with Gasteiger partial charge in [-0.05, 0) is 74.2 Å². The van der Waals surface area contributed by atoms with E-state index >= 15 is 0 Å². The molecule has 9 heteroatoms. The fraction of sp³-hybridized carbons (Fsp3) is 0.333. The number of anilines is 1. The summed E-state index contributed by atoms with van der Waals surface area (Å²) in [5.74, 6) is -0.747. The number of nitrogens with zero attached hydrogens (tertiary/aromatic N) is 2. The molecular weight excluding hydrogens is 534 g/mol. The SMILES string of the molecule is CCCNC(=O)[C@H](CC)N(Cc1ccccc1C)C(=O)CN(c1ccc(Cl)cc1)S(=O)(=O)c1ccc(C)cc1. The molecule has 0 bridgehead atoms. The van der Waals surface area contributed by atoms with Gasteiger partial charge in [0.25, 0.3) is 10.0 Å². The fourth-order valence-corrected chi connectivity index (χ4v) is 5.77. The number of hydrogen-bond acceptors (Lipinski definition) is 4. The van der Waals surface area contributed by atoms with Crippen molar-refractivity contribution < 1.29 is 18.0 Å². The Morgan fingerprint density at radius 1 is 0.923 bits per heavy atom. The van der Waals surface area contributed by atoms with Gasteiger partial charge in [0.1, 0.15) is 12.6 Å². The lowest BCUT2D eigenvalue weighted by atomic mass is 10.1. The quantitative estimate of drug-likeness (QED) is 0.313. The molecule has 7 nitrogen and oxygen atoms in total. The summed E-state index contributed by atoms with van der Waals surface area (Å²) >= 11 is 6.08. The van der Waals surface area contributed by atoms with E-state index in [2.05, 4.69) is 5.32 Å². The zero-order valence-electron chi connectivity index (χ0n) is 22.9. The van der Waals surface area contributed by atoms with Crippen molar-refractivity contribution in [1.82, 2.24) is 10.2 Å². The van der Waals surface area contributed by atoms with Gasteiger partial charge in [0, 0.05) is 18.1 Å². The average Bonchev–Trinajstić information content (AvgIpc) is 2.92. The molecule has 0 aliphatic carbocycles. The summed E-state index contributed by atoms with van der Waals surface area (Å²) in [6.45, 7) is 7.78. The first-order valence-corrected chi connectivity index (χ1v) is 14.9. The molecule has 0 saturated heterocycles. The molecule has 0 saturated carbocycles. The maximum atomic E-state index is 14.0. The van der Waals surface area contributed by atoms with Crippen molar-refractivity contribution in [2.45, 2.75) is 58.0 Å². The number of hydrogen-bond donors (Lipinski definition) is 1. The molecule has 3 aromatic carbocycles. The summed E-state index contributed by atoms with van der Waals surface area (Å²) in [6.07, 6.45) is 1.13. The number of amides is 2. The molecule has 208 valence electrons. The van der Waals surface area contributed by atoms with Crippen LogP contribution in [0, 0.1) is 13.8 Å². The summed E-state index contributed by atoms with van der Waals surface area (Å²) in [4.78, 5) is 28.7. The largest absolute Gasteiger partial charge is 0.354 e. The van der Waals surface area contributed by atoms with Crippen molar-refractivity contribution in [3.05, 3.63) is 94.5 Å². The average molecular weight is 570 g/mol. The van der Waals surface area contributed by atoms with Crippen LogP contribution >= 0.6 is 11.6 Å². The molecule has 3 rings (SSSR count). The van der Waals surface area contributed by atoms with E-state index in [1.165, 1.54) is 17.0 Å². The van der Waals surface area contributed by atoms with Gasteiger partial charge in [-0.15, -0.1) is 0 Å². The minimum absolute atomic E-state index is 0.0639. The van der Waals surface area contributed by atoms with Crippen molar-refractivity contribution in [1.29, 1.82) is 0 Å². The normalized spacial score (nSPS) is 12.0. The summed E-state index contributed by atoms with van der Waals surface area (Å²) in [5.41, 5.74) is 3.07. The van der Waals surface area contributed by atoms with Crippen LogP contribution in [0.1, 0.15) is 43.4 Å². The second-order valence-corrected chi connectivity index (χ2v) is 11.8. The van der Waals surface area contributed by atoms with Gasteiger partial charge in [-0.25, -0.2) is 8.42 Å². The molecule has 0 aliphatic rings. The standard InChI is InChI=1S/C30H36ClN3O4S/c1-5-19-32-30(36)28(6-2)33(20-24-10-8-7-9-23(24)4)29(35)21-34(26-15-13-25(31)14-16-26)39(37,38)27-17-11-22(3)12-18-27/h7-18,28H,5-6,19-21H2,1-4H3,(H,32,36)/t28-/m0/s1. The second-order valence-electron chi connectivity index (χ2n) is 9.46. The highest BCUT2D eigenvalue weighted by Crippen LogP contribution is 2.26. The minimum atomic E-state index is -4.12. The van der Waals surface area contributed by atoms with Gasteiger partial charge in [0.05, 0.1) is 10.6 Å². The van der Waals surface area contributed by atoms with E-state index in [1.807, 2.05) is 52.0 Å². The van der Waals surface area contributed by atoms with Crippen molar-refractivity contribution in [2.75, 3.05) is 17.4 Å². The minimum Gasteiger partial charge on any atom is -0.354 e. The molecule has 0 aromatic heterocycles. The third kappa shape index (κ3) is 7.61.